The molecule has 1 aliphatic heterocycles. The Morgan fingerprint density at radius 3 is 2.18 bits per heavy atom. The van der Waals surface area contributed by atoms with Crippen molar-refractivity contribution < 1.29 is 61.5 Å². The third-order valence-corrected chi connectivity index (χ3v) is 7.38. The molecule has 2 aromatic carbocycles. The molecule has 0 aromatic heterocycles. The van der Waals surface area contributed by atoms with Crippen molar-refractivity contribution in [2.45, 2.75) is 31.6 Å². The van der Waals surface area contributed by atoms with E-state index in [4.69, 9.17) is 4.55 Å². The van der Waals surface area contributed by atoms with Crippen LogP contribution in [0.1, 0.15) is 33.2 Å². The van der Waals surface area contributed by atoms with E-state index in [0.717, 1.165) is 22.6 Å². The summed E-state index contributed by atoms with van der Waals surface area (Å²) in [6.45, 7) is 2.37. The largest absolute Gasteiger partial charge is 1.00 e. The summed E-state index contributed by atoms with van der Waals surface area (Å²) in [5, 5.41) is 3.22. The minimum absolute atomic E-state index is 0. The molecule has 34 heavy (non-hydrogen) atoms. The molecule has 3 N–H and O–H groups in total. The summed E-state index contributed by atoms with van der Waals surface area (Å²) in [5.74, 6) is -0.697. The van der Waals surface area contributed by atoms with E-state index < -0.39 is 25.7 Å². The number of nitrogens with zero attached hydrogens (tertiary/aromatic N) is 1. The molecule has 1 aliphatic rings. The zero-order chi connectivity index (χ0) is 24.1. The van der Waals surface area contributed by atoms with Crippen molar-refractivity contribution >= 4 is 37.3 Å². The smallest absolute Gasteiger partial charge is 1.00 e. The predicted octanol–water partition coefficient (Wildman–Crippen LogP) is 0.731. The maximum atomic E-state index is 11.3. The fraction of sp³-hybridized carbons (Fsp3) is 0.348. The minimum atomic E-state index is -4.08. The number of hydrogen-bond acceptors (Lipinski definition) is 5. The van der Waals surface area contributed by atoms with Crippen LogP contribution in [0.5, 0.6) is 0 Å². The number of para-hydroxylation sites is 2. The summed E-state index contributed by atoms with van der Waals surface area (Å²) in [6, 6.07) is 17.3. The van der Waals surface area contributed by atoms with Crippen LogP contribution in [0.2, 0.25) is 0 Å². The minimum Gasteiger partial charge on any atom is -1.00 e. The number of fused-ring (bicyclic) bond motifs is 1. The maximum Gasteiger partial charge on any atom is 1.00 e. The van der Waals surface area contributed by atoms with Gasteiger partial charge in [0.15, 0.2) is 5.71 Å². The van der Waals surface area contributed by atoms with Crippen LogP contribution >= 0.6 is 0 Å². The molecular weight excluding hydrogens is 487 g/mol. The van der Waals surface area contributed by atoms with Gasteiger partial charge in [-0.25, -0.2) is 0 Å². The summed E-state index contributed by atoms with van der Waals surface area (Å²) < 4.78 is 65.5. The van der Waals surface area contributed by atoms with Crippen LogP contribution in [0.4, 0.5) is 11.4 Å². The van der Waals surface area contributed by atoms with Crippen LogP contribution in [0.3, 0.4) is 0 Å². The maximum absolute atomic E-state index is 11.3. The van der Waals surface area contributed by atoms with Gasteiger partial charge in [-0.05, 0) is 31.9 Å². The van der Waals surface area contributed by atoms with E-state index in [0.29, 0.717) is 13.0 Å². The summed E-state index contributed by atoms with van der Waals surface area (Å²) in [6.07, 6.45) is 4.65. The van der Waals surface area contributed by atoms with E-state index in [1.165, 1.54) is 0 Å². The fourth-order valence-corrected chi connectivity index (χ4v) is 5.29. The Labute approximate surface area is 225 Å². The second-order valence-electron chi connectivity index (χ2n) is 8.26. The second kappa shape index (κ2) is 11.9. The quantitative estimate of drug-likeness (QED) is 0.228. The average Bonchev–Trinajstić information content (AvgIpc) is 2.96. The Hall–Kier alpha value is -1.53. The number of allylic oxidation sites excluding steroid dienone is 1. The Balaban J connectivity index is 0.00000306. The van der Waals surface area contributed by atoms with E-state index in [-0.39, 0.29) is 55.3 Å². The zero-order valence-electron chi connectivity index (χ0n) is 20.4. The van der Waals surface area contributed by atoms with Crippen molar-refractivity contribution in [2.75, 3.05) is 23.4 Å². The first kappa shape index (κ1) is 28.7. The molecule has 1 heterocycles. The number of anilines is 1. The van der Waals surface area contributed by atoms with Gasteiger partial charge in [-0.2, -0.15) is 21.4 Å². The van der Waals surface area contributed by atoms with Gasteiger partial charge in [-0.1, -0.05) is 36.4 Å². The molecule has 0 spiro atoms. The molecule has 1 unspecified atom stereocenters. The van der Waals surface area contributed by atoms with Crippen LogP contribution < -0.4 is 34.9 Å². The molecule has 1 atom stereocenters. The second-order valence-corrected chi connectivity index (χ2v) is 11.4. The van der Waals surface area contributed by atoms with Crippen molar-refractivity contribution in [2.24, 2.45) is 0 Å². The molecule has 0 aliphatic carbocycles. The molecule has 0 fully saturated rings. The van der Waals surface area contributed by atoms with Crippen LogP contribution in [-0.4, -0.2) is 54.3 Å². The molecule has 11 heteroatoms. The first-order valence-corrected chi connectivity index (χ1v) is 13.8. The van der Waals surface area contributed by atoms with Crippen LogP contribution in [0, 0.1) is 0 Å². The van der Waals surface area contributed by atoms with E-state index >= 15 is 0 Å². The molecule has 8 nitrogen and oxygen atoms in total. The first-order valence-electron chi connectivity index (χ1n) is 10.6. The van der Waals surface area contributed by atoms with Gasteiger partial charge in [0.2, 0.25) is 5.69 Å². The fourth-order valence-electron chi connectivity index (χ4n) is 4.28. The Kier molecular flexibility index (Phi) is 10.1. The van der Waals surface area contributed by atoms with Crippen LogP contribution in [0.15, 0.2) is 66.9 Å². The molecule has 2 aromatic rings. The van der Waals surface area contributed by atoms with Crippen molar-refractivity contribution in [1.29, 1.82) is 0 Å². The van der Waals surface area contributed by atoms with Crippen molar-refractivity contribution in [1.82, 2.24) is 0 Å². The third-order valence-electron chi connectivity index (χ3n) is 5.77. The molecule has 0 saturated carbocycles. The van der Waals surface area contributed by atoms with Gasteiger partial charge >= 0.3 is 29.6 Å². The molecule has 0 radical (unpaired) electrons. The Bertz CT molecular complexity index is 1270. The first-order chi connectivity index (χ1) is 15.5. The molecule has 3 rings (SSSR count). The van der Waals surface area contributed by atoms with Gasteiger partial charge in [0.25, 0.3) is 20.2 Å². The average molecular weight is 518 g/mol. The van der Waals surface area contributed by atoms with Crippen LogP contribution in [-0.2, 0) is 25.7 Å². The summed E-state index contributed by atoms with van der Waals surface area (Å²) >= 11 is 0. The summed E-state index contributed by atoms with van der Waals surface area (Å²) in [7, 11) is -8.17. The molecule has 180 valence electrons. The van der Waals surface area contributed by atoms with Gasteiger partial charge in [0.1, 0.15) is 6.54 Å². The van der Waals surface area contributed by atoms with E-state index in [1.54, 1.807) is 6.20 Å². The number of rotatable bonds is 11. The van der Waals surface area contributed by atoms with Gasteiger partial charge in [-0.3, -0.25) is 9.11 Å². The molecule has 0 bridgehead atoms. The topological polar surface area (TPSA) is 124 Å². The Morgan fingerprint density at radius 2 is 1.53 bits per heavy atom. The van der Waals surface area contributed by atoms with Gasteiger partial charge in [-0.15, -0.1) is 0 Å². The summed E-state index contributed by atoms with van der Waals surface area (Å²) in [4.78, 5) is 0. The number of nitrogens with one attached hydrogen (secondary N) is 1. The Morgan fingerprint density at radius 1 is 0.941 bits per heavy atom. The van der Waals surface area contributed by atoms with Crippen LogP contribution in [0.25, 0.3) is 0 Å². The SMILES string of the molecule is CC1(CCCS(=O)(=O)O)C(/C=C/Nc2ccccc2)=[N+](CCCS(=O)(=O)O)c2ccccc21.[H-].[Na+]. The number of hydrogen-bond donors (Lipinski definition) is 3. The van der Waals surface area contributed by atoms with Gasteiger partial charge < -0.3 is 6.74 Å². The summed E-state index contributed by atoms with van der Waals surface area (Å²) in [5.41, 5.74) is 3.11. The van der Waals surface area contributed by atoms with Crippen molar-refractivity contribution in [3.8, 4) is 0 Å². The van der Waals surface area contributed by atoms with E-state index in [2.05, 4.69) is 5.32 Å². The normalized spacial score (nSPS) is 18.1. The molecule has 0 saturated heterocycles. The van der Waals surface area contributed by atoms with E-state index in [9.17, 15) is 21.4 Å². The predicted molar refractivity (Wildman–Crippen MR) is 131 cm³/mol. The molecule has 0 amide bonds. The monoisotopic (exact) mass is 517 g/mol. The van der Waals surface area contributed by atoms with Crippen molar-refractivity contribution in [3.05, 3.63) is 72.4 Å². The zero-order valence-corrected chi connectivity index (χ0v) is 23.0. The van der Waals surface area contributed by atoms with Gasteiger partial charge in [0.05, 0.1) is 16.9 Å². The molecular formula is C23H30N2NaO6S2+. The van der Waals surface area contributed by atoms with Crippen molar-refractivity contribution in [3.63, 3.8) is 0 Å². The third kappa shape index (κ3) is 7.74. The standard InChI is InChI=1S/C23H28N2O6S2.Na.H/c1-23(14-7-17-32(26,27)28)20-11-5-6-12-21(20)25(16-8-18-33(29,30)31)22(23)13-15-24-19-9-3-2-4-10-19;;/h2-6,9-13,15H,7-8,14,16-18H2,1H3,(H2,26,27,28,29,30,31);;/q;+1;-1/p+1. The van der Waals surface area contributed by atoms with E-state index in [1.807, 2.05) is 72.2 Å². The van der Waals surface area contributed by atoms with Gasteiger partial charge in [0, 0.05) is 36.0 Å². The number of benzene rings is 2.